The van der Waals surface area contributed by atoms with E-state index in [9.17, 15) is 22.8 Å². The van der Waals surface area contributed by atoms with Crippen LogP contribution in [-0.4, -0.2) is 48.5 Å². The van der Waals surface area contributed by atoms with Gasteiger partial charge in [-0.25, -0.2) is 9.59 Å². The average molecular weight is 390 g/mol. The highest BCUT2D eigenvalue weighted by Gasteiger charge is 2.34. The van der Waals surface area contributed by atoms with Gasteiger partial charge in [-0.2, -0.15) is 13.2 Å². The molecule has 1 aromatic carbocycles. The van der Waals surface area contributed by atoms with Crippen LogP contribution in [0.1, 0.15) is 32.8 Å². The highest BCUT2D eigenvalue weighted by atomic mass is 19.4. The van der Waals surface area contributed by atoms with Crippen LogP contribution in [-0.2, 0) is 16.1 Å². The van der Waals surface area contributed by atoms with Crippen molar-refractivity contribution in [3.8, 4) is 0 Å². The Morgan fingerprint density at radius 1 is 1.11 bits per heavy atom. The summed E-state index contributed by atoms with van der Waals surface area (Å²) in [6, 6.07) is 9.04. The quantitative estimate of drug-likeness (QED) is 0.712. The number of carbonyl (C=O) groups is 2. The third-order valence-electron chi connectivity index (χ3n) is 3.11. The van der Waals surface area contributed by atoms with Crippen molar-refractivity contribution < 1.29 is 32.2 Å². The van der Waals surface area contributed by atoms with Crippen molar-refractivity contribution in [2.24, 2.45) is 0 Å². The van der Waals surface area contributed by atoms with Gasteiger partial charge in [-0.15, -0.1) is 0 Å². The lowest BCUT2D eigenvalue weighted by Gasteiger charge is -2.28. The summed E-state index contributed by atoms with van der Waals surface area (Å²) >= 11 is 0. The van der Waals surface area contributed by atoms with Crippen LogP contribution in [0.2, 0.25) is 0 Å². The van der Waals surface area contributed by atoms with Crippen LogP contribution in [0.15, 0.2) is 30.3 Å². The highest BCUT2D eigenvalue weighted by molar-refractivity contribution is 5.68. The molecule has 0 aliphatic heterocycles. The zero-order chi connectivity index (χ0) is 20.5. The minimum atomic E-state index is -4.54. The Morgan fingerprint density at radius 2 is 1.74 bits per heavy atom. The van der Waals surface area contributed by atoms with E-state index in [1.54, 1.807) is 32.9 Å². The SMILES string of the molecule is CC(C)(C)OC(=O)N(CCCNC(=O)OCc1ccccc1)CC(F)(F)F. The Morgan fingerprint density at radius 3 is 2.30 bits per heavy atom. The van der Waals surface area contributed by atoms with Crippen LogP contribution >= 0.6 is 0 Å². The first-order valence-electron chi connectivity index (χ1n) is 8.45. The van der Waals surface area contributed by atoms with E-state index in [0.717, 1.165) is 5.56 Å². The minimum absolute atomic E-state index is 0.0603. The summed E-state index contributed by atoms with van der Waals surface area (Å²) in [5, 5.41) is 2.44. The van der Waals surface area contributed by atoms with E-state index in [4.69, 9.17) is 9.47 Å². The minimum Gasteiger partial charge on any atom is -0.445 e. The molecule has 2 amide bonds. The van der Waals surface area contributed by atoms with E-state index >= 15 is 0 Å². The van der Waals surface area contributed by atoms with Crippen molar-refractivity contribution in [2.75, 3.05) is 19.6 Å². The summed E-state index contributed by atoms with van der Waals surface area (Å²) in [5.41, 5.74) is -0.0885. The molecule has 0 unspecified atom stereocenters. The van der Waals surface area contributed by atoms with E-state index in [-0.39, 0.29) is 26.1 Å². The van der Waals surface area contributed by atoms with Crippen LogP contribution < -0.4 is 5.32 Å². The lowest BCUT2D eigenvalue weighted by molar-refractivity contribution is -0.144. The molecule has 1 rings (SSSR count). The van der Waals surface area contributed by atoms with E-state index in [1.165, 1.54) is 0 Å². The van der Waals surface area contributed by atoms with Gasteiger partial charge in [-0.1, -0.05) is 30.3 Å². The van der Waals surface area contributed by atoms with Gasteiger partial charge in [-0.3, -0.25) is 4.90 Å². The third-order valence-corrected chi connectivity index (χ3v) is 3.11. The molecule has 0 radical (unpaired) electrons. The van der Waals surface area contributed by atoms with Crippen LogP contribution in [0.3, 0.4) is 0 Å². The molecule has 0 atom stereocenters. The molecule has 6 nitrogen and oxygen atoms in total. The number of rotatable bonds is 7. The fraction of sp³-hybridized carbons (Fsp3) is 0.556. The summed E-state index contributed by atoms with van der Waals surface area (Å²) in [4.78, 5) is 24.1. The predicted molar refractivity (Wildman–Crippen MR) is 93.1 cm³/mol. The lowest BCUT2D eigenvalue weighted by atomic mass is 10.2. The van der Waals surface area contributed by atoms with Gasteiger partial charge >= 0.3 is 18.4 Å². The second-order valence-electron chi connectivity index (χ2n) is 6.86. The summed E-state index contributed by atoms with van der Waals surface area (Å²) in [6.07, 6.45) is -6.15. The summed E-state index contributed by atoms with van der Waals surface area (Å²) in [7, 11) is 0. The number of carbonyl (C=O) groups excluding carboxylic acids is 2. The third kappa shape index (κ3) is 11.0. The summed E-state index contributed by atoms with van der Waals surface area (Å²) < 4.78 is 48.0. The zero-order valence-electron chi connectivity index (χ0n) is 15.6. The molecule has 9 heteroatoms. The molecular weight excluding hydrogens is 365 g/mol. The monoisotopic (exact) mass is 390 g/mol. The van der Waals surface area contributed by atoms with E-state index in [2.05, 4.69) is 5.32 Å². The van der Waals surface area contributed by atoms with Crippen LogP contribution in [0.5, 0.6) is 0 Å². The molecule has 1 N–H and O–H groups in total. The topological polar surface area (TPSA) is 67.9 Å². The first-order valence-corrected chi connectivity index (χ1v) is 8.45. The first kappa shape index (κ1) is 22.6. The maximum atomic E-state index is 12.7. The number of halogens is 3. The van der Waals surface area contributed by atoms with Crippen molar-refractivity contribution in [3.05, 3.63) is 35.9 Å². The molecule has 27 heavy (non-hydrogen) atoms. The molecule has 0 spiro atoms. The molecule has 0 saturated carbocycles. The molecule has 0 aromatic heterocycles. The van der Waals surface area contributed by atoms with Gasteiger partial charge in [-0.05, 0) is 32.8 Å². The fourth-order valence-electron chi connectivity index (χ4n) is 2.01. The Bertz CT molecular complexity index is 601. The van der Waals surface area contributed by atoms with Crippen molar-refractivity contribution >= 4 is 12.2 Å². The second kappa shape index (κ2) is 10.0. The molecular formula is C18H25F3N2O4. The number of nitrogens with one attached hydrogen (secondary N) is 1. The summed E-state index contributed by atoms with van der Waals surface area (Å²) in [5.74, 6) is 0. The number of benzene rings is 1. The van der Waals surface area contributed by atoms with Gasteiger partial charge in [0.2, 0.25) is 0 Å². The fourth-order valence-corrected chi connectivity index (χ4v) is 2.01. The number of alkyl halides is 3. The number of amides is 2. The molecule has 0 bridgehead atoms. The van der Waals surface area contributed by atoms with E-state index in [0.29, 0.717) is 4.90 Å². The Labute approximate surface area is 156 Å². The van der Waals surface area contributed by atoms with Crippen LogP contribution in [0.4, 0.5) is 22.8 Å². The van der Waals surface area contributed by atoms with Gasteiger partial charge in [0.15, 0.2) is 0 Å². The van der Waals surface area contributed by atoms with Crippen molar-refractivity contribution in [3.63, 3.8) is 0 Å². The molecule has 0 aliphatic rings. The van der Waals surface area contributed by atoms with E-state index in [1.807, 2.05) is 18.2 Å². The second-order valence-corrected chi connectivity index (χ2v) is 6.86. The van der Waals surface area contributed by atoms with Crippen LogP contribution in [0, 0.1) is 0 Å². The smallest absolute Gasteiger partial charge is 0.410 e. The van der Waals surface area contributed by atoms with Crippen LogP contribution in [0.25, 0.3) is 0 Å². The maximum Gasteiger partial charge on any atom is 0.410 e. The first-order chi connectivity index (χ1) is 12.5. The van der Waals surface area contributed by atoms with Gasteiger partial charge in [0.25, 0.3) is 0 Å². The molecule has 152 valence electrons. The van der Waals surface area contributed by atoms with E-state index < -0.39 is 30.5 Å². The molecule has 0 fully saturated rings. The van der Waals surface area contributed by atoms with Gasteiger partial charge in [0.05, 0.1) is 0 Å². The Hall–Kier alpha value is -2.45. The molecule has 0 aliphatic carbocycles. The largest absolute Gasteiger partial charge is 0.445 e. The number of hydrogen-bond acceptors (Lipinski definition) is 4. The van der Waals surface area contributed by atoms with Gasteiger partial charge < -0.3 is 14.8 Å². The molecule has 0 saturated heterocycles. The maximum absolute atomic E-state index is 12.7. The van der Waals surface area contributed by atoms with Crippen molar-refractivity contribution in [2.45, 2.75) is 45.6 Å². The highest BCUT2D eigenvalue weighted by Crippen LogP contribution is 2.19. The number of hydrogen-bond donors (Lipinski definition) is 1. The Balaban J connectivity index is 2.39. The number of nitrogens with zero attached hydrogens (tertiary/aromatic N) is 1. The normalized spacial score (nSPS) is 11.6. The van der Waals surface area contributed by atoms with Crippen molar-refractivity contribution in [1.82, 2.24) is 10.2 Å². The molecule has 1 aromatic rings. The van der Waals surface area contributed by atoms with Crippen molar-refractivity contribution in [1.29, 1.82) is 0 Å². The zero-order valence-corrected chi connectivity index (χ0v) is 15.6. The Kier molecular flexibility index (Phi) is 8.39. The number of alkyl carbamates (subject to hydrolysis) is 1. The van der Waals surface area contributed by atoms with Gasteiger partial charge in [0.1, 0.15) is 18.8 Å². The summed E-state index contributed by atoms with van der Waals surface area (Å²) in [6.45, 7) is 3.23. The standard InChI is InChI=1S/C18H25F3N2O4/c1-17(2,3)27-16(25)23(13-18(19,20)21)11-7-10-22-15(24)26-12-14-8-5-4-6-9-14/h4-6,8-9H,7,10-13H2,1-3H3,(H,22,24). The average Bonchev–Trinajstić information content (AvgIpc) is 2.54. The predicted octanol–water partition coefficient (Wildman–Crippen LogP) is 4.10. The van der Waals surface area contributed by atoms with Gasteiger partial charge in [0, 0.05) is 13.1 Å². The lowest BCUT2D eigenvalue weighted by Crippen LogP contribution is -2.43. The molecule has 0 heterocycles. The number of ether oxygens (including phenoxy) is 2.